The van der Waals surface area contributed by atoms with E-state index in [0.717, 1.165) is 12.3 Å². The third-order valence-corrected chi connectivity index (χ3v) is 2.85. The summed E-state index contributed by atoms with van der Waals surface area (Å²) in [5, 5.41) is 2.87. The quantitative estimate of drug-likeness (QED) is 0.641. The van der Waals surface area contributed by atoms with E-state index in [4.69, 9.17) is 0 Å². The summed E-state index contributed by atoms with van der Waals surface area (Å²) in [5.74, 6) is 0.930. The Morgan fingerprint density at radius 2 is 2.00 bits per heavy atom. The fraction of sp³-hybridized carbons (Fsp3) is 0.900. The fourth-order valence-corrected chi connectivity index (χ4v) is 2.12. The Bertz CT molecular complexity index is 128. The Morgan fingerprint density at radius 1 is 1.33 bits per heavy atom. The molecule has 1 rings (SSSR count). The topological polar surface area (TPSA) is 29.1 Å². The first-order chi connectivity index (χ1) is 5.86. The molecule has 0 unspecified atom stereocenters. The minimum atomic E-state index is 0.468. The summed E-state index contributed by atoms with van der Waals surface area (Å²) in [6.07, 6.45) is 8.49. The molecule has 2 nitrogen and oxygen atoms in total. The average Bonchev–Trinajstić information content (AvgIpc) is 2.09. The maximum atomic E-state index is 10.2. The highest BCUT2D eigenvalue weighted by atomic mass is 16.1. The van der Waals surface area contributed by atoms with Crippen LogP contribution in [0.3, 0.4) is 0 Å². The monoisotopic (exact) mass is 169 g/mol. The number of nitrogens with one attached hydrogen (secondary N) is 1. The van der Waals surface area contributed by atoms with Gasteiger partial charge in [0.15, 0.2) is 0 Å². The Hall–Kier alpha value is -0.530. The number of hydrogen-bond acceptors (Lipinski definition) is 1. The van der Waals surface area contributed by atoms with Crippen LogP contribution in [-0.4, -0.2) is 12.5 Å². The maximum Gasteiger partial charge on any atom is 0.207 e. The third-order valence-electron chi connectivity index (χ3n) is 2.85. The van der Waals surface area contributed by atoms with Crippen LogP contribution in [0.4, 0.5) is 0 Å². The first-order valence-corrected chi connectivity index (χ1v) is 5.06. The summed E-state index contributed by atoms with van der Waals surface area (Å²) in [7, 11) is 0. The predicted octanol–water partition coefficient (Wildman–Crippen LogP) is 2.09. The molecule has 1 aliphatic carbocycles. The van der Waals surface area contributed by atoms with E-state index in [9.17, 15) is 4.79 Å². The van der Waals surface area contributed by atoms with E-state index in [1.54, 1.807) is 0 Å². The number of rotatable bonds is 4. The lowest BCUT2D eigenvalue weighted by Crippen LogP contribution is -2.31. The molecule has 0 heterocycles. The van der Waals surface area contributed by atoms with Crippen LogP contribution in [0.1, 0.15) is 45.4 Å². The van der Waals surface area contributed by atoms with Gasteiger partial charge < -0.3 is 5.32 Å². The van der Waals surface area contributed by atoms with Crippen molar-refractivity contribution >= 4 is 6.41 Å². The second-order valence-corrected chi connectivity index (χ2v) is 3.79. The van der Waals surface area contributed by atoms with E-state index in [-0.39, 0.29) is 0 Å². The molecule has 0 aromatic heterocycles. The van der Waals surface area contributed by atoms with Crippen molar-refractivity contribution in [3.05, 3.63) is 0 Å². The van der Waals surface area contributed by atoms with Crippen molar-refractivity contribution in [1.29, 1.82) is 0 Å². The minimum absolute atomic E-state index is 0.468. The van der Waals surface area contributed by atoms with Gasteiger partial charge in [-0.15, -0.1) is 0 Å². The zero-order chi connectivity index (χ0) is 8.81. The first kappa shape index (κ1) is 9.56. The number of amides is 1. The van der Waals surface area contributed by atoms with Crippen LogP contribution in [0.15, 0.2) is 0 Å². The molecular formula is C10H19NO. The van der Waals surface area contributed by atoms with Gasteiger partial charge in [-0.1, -0.05) is 19.8 Å². The Morgan fingerprint density at radius 3 is 2.50 bits per heavy atom. The lowest BCUT2D eigenvalue weighted by Gasteiger charge is -2.27. The van der Waals surface area contributed by atoms with Crippen molar-refractivity contribution in [2.24, 2.45) is 5.92 Å². The van der Waals surface area contributed by atoms with Gasteiger partial charge in [0.2, 0.25) is 6.41 Å². The highest BCUT2D eigenvalue weighted by Crippen LogP contribution is 2.27. The van der Waals surface area contributed by atoms with Gasteiger partial charge in [-0.25, -0.2) is 0 Å². The standard InChI is InChI=1S/C10H19NO/c1-2-3-9-4-6-10(7-5-9)11-8-12/h8-10H,2-7H2,1H3,(H,11,12). The Balaban J connectivity index is 2.15. The molecule has 0 atom stereocenters. The van der Waals surface area contributed by atoms with Crippen LogP contribution >= 0.6 is 0 Å². The molecule has 1 N–H and O–H groups in total. The summed E-state index contributed by atoms with van der Waals surface area (Å²) in [5.41, 5.74) is 0. The highest BCUT2D eigenvalue weighted by molar-refractivity contribution is 5.46. The molecule has 0 saturated heterocycles. The predicted molar refractivity (Wildman–Crippen MR) is 49.9 cm³/mol. The summed E-state index contributed by atoms with van der Waals surface area (Å²) < 4.78 is 0. The summed E-state index contributed by atoms with van der Waals surface area (Å²) >= 11 is 0. The maximum absolute atomic E-state index is 10.2. The highest BCUT2D eigenvalue weighted by Gasteiger charge is 2.19. The Kier molecular flexibility index (Phi) is 4.12. The van der Waals surface area contributed by atoms with Crippen molar-refractivity contribution in [2.75, 3.05) is 0 Å². The average molecular weight is 169 g/mol. The van der Waals surface area contributed by atoms with Crippen molar-refractivity contribution in [1.82, 2.24) is 5.32 Å². The lowest BCUT2D eigenvalue weighted by molar-refractivity contribution is -0.110. The third kappa shape index (κ3) is 2.84. The summed E-state index contributed by atoms with van der Waals surface area (Å²) in [4.78, 5) is 10.2. The molecule has 2 heteroatoms. The minimum Gasteiger partial charge on any atom is -0.356 e. The van der Waals surface area contributed by atoms with E-state index < -0.39 is 0 Å². The van der Waals surface area contributed by atoms with E-state index >= 15 is 0 Å². The van der Waals surface area contributed by atoms with Gasteiger partial charge in [0.25, 0.3) is 0 Å². The lowest BCUT2D eigenvalue weighted by atomic mass is 9.84. The van der Waals surface area contributed by atoms with E-state index in [1.165, 1.54) is 38.5 Å². The second-order valence-electron chi connectivity index (χ2n) is 3.79. The summed E-state index contributed by atoms with van der Waals surface area (Å²) in [6, 6.07) is 0.468. The molecule has 1 saturated carbocycles. The van der Waals surface area contributed by atoms with Crippen molar-refractivity contribution in [3.8, 4) is 0 Å². The Labute approximate surface area is 74.7 Å². The van der Waals surface area contributed by atoms with Gasteiger partial charge in [-0.05, 0) is 31.6 Å². The molecule has 0 aromatic carbocycles. The molecule has 1 amide bonds. The van der Waals surface area contributed by atoms with Gasteiger partial charge in [0.1, 0.15) is 0 Å². The van der Waals surface area contributed by atoms with Gasteiger partial charge in [0.05, 0.1) is 0 Å². The van der Waals surface area contributed by atoms with Crippen LogP contribution in [0, 0.1) is 5.92 Å². The number of hydrogen-bond donors (Lipinski definition) is 1. The second kappa shape index (κ2) is 5.18. The van der Waals surface area contributed by atoms with Gasteiger partial charge in [-0.2, -0.15) is 0 Å². The molecule has 70 valence electrons. The SMILES string of the molecule is CCCC1CCC(NC=O)CC1. The van der Waals surface area contributed by atoms with Crippen LogP contribution < -0.4 is 5.32 Å². The van der Waals surface area contributed by atoms with Crippen LogP contribution in [0.25, 0.3) is 0 Å². The smallest absolute Gasteiger partial charge is 0.207 e. The van der Waals surface area contributed by atoms with Crippen molar-refractivity contribution < 1.29 is 4.79 Å². The molecule has 0 aromatic rings. The molecule has 0 bridgehead atoms. The first-order valence-electron chi connectivity index (χ1n) is 5.06. The molecular weight excluding hydrogens is 150 g/mol. The number of carbonyl (C=O) groups is 1. The zero-order valence-corrected chi connectivity index (χ0v) is 7.88. The molecule has 12 heavy (non-hydrogen) atoms. The van der Waals surface area contributed by atoms with Crippen LogP contribution in [-0.2, 0) is 4.79 Å². The zero-order valence-electron chi connectivity index (χ0n) is 7.88. The normalized spacial score (nSPS) is 29.8. The van der Waals surface area contributed by atoms with Gasteiger partial charge in [-0.3, -0.25) is 4.79 Å². The molecule has 1 fully saturated rings. The largest absolute Gasteiger partial charge is 0.356 e. The van der Waals surface area contributed by atoms with Crippen LogP contribution in [0.2, 0.25) is 0 Å². The van der Waals surface area contributed by atoms with Gasteiger partial charge >= 0.3 is 0 Å². The molecule has 0 aliphatic heterocycles. The van der Waals surface area contributed by atoms with E-state index in [2.05, 4.69) is 12.2 Å². The molecule has 1 aliphatic rings. The molecule has 0 radical (unpaired) electrons. The van der Waals surface area contributed by atoms with E-state index in [0.29, 0.717) is 6.04 Å². The van der Waals surface area contributed by atoms with Crippen molar-refractivity contribution in [3.63, 3.8) is 0 Å². The van der Waals surface area contributed by atoms with Gasteiger partial charge in [0, 0.05) is 6.04 Å². The molecule has 0 spiro atoms. The summed E-state index contributed by atoms with van der Waals surface area (Å²) in [6.45, 7) is 2.25. The number of carbonyl (C=O) groups excluding carboxylic acids is 1. The van der Waals surface area contributed by atoms with E-state index in [1.807, 2.05) is 0 Å². The van der Waals surface area contributed by atoms with Crippen molar-refractivity contribution in [2.45, 2.75) is 51.5 Å². The fourth-order valence-electron chi connectivity index (χ4n) is 2.12. The van der Waals surface area contributed by atoms with Crippen LogP contribution in [0.5, 0.6) is 0 Å².